The third-order valence-electron chi connectivity index (χ3n) is 6.10. The second kappa shape index (κ2) is 13.3. The van der Waals surface area contributed by atoms with Gasteiger partial charge in [-0.1, -0.05) is 12.1 Å². The van der Waals surface area contributed by atoms with Gasteiger partial charge in [0.1, 0.15) is 5.75 Å². The first-order valence-electron chi connectivity index (χ1n) is 12.1. The molecule has 0 saturated carbocycles. The van der Waals surface area contributed by atoms with Crippen LogP contribution in [0.2, 0.25) is 0 Å². The van der Waals surface area contributed by atoms with Crippen LogP contribution >= 0.6 is 0 Å². The molecule has 0 spiro atoms. The smallest absolute Gasteiger partial charge is 0.360 e. The summed E-state index contributed by atoms with van der Waals surface area (Å²) in [5.74, 6) is 0.901. The lowest BCUT2D eigenvalue weighted by Gasteiger charge is -2.27. The molecular formula is C26H36BN3O6. The minimum Gasteiger partial charge on any atom is -0.493 e. The molecule has 10 heteroatoms. The van der Waals surface area contributed by atoms with Crippen molar-refractivity contribution in [3.05, 3.63) is 53.1 Å². The van der Waals surface area contributed by atoms with Crippen LogP contribution in [-0.2, 0) is 4.65 Å². The number of carbonyl (C=O) groups excluding carboxylic acids is 2. The van der Waals surface area contributed by atoms with Gasteiger partial charge in [0.05, 0.1) is 38.0 Å². The Labute approximate surface area is 213 Å². The number of methoxy groups -OCH3 is 2. The molecule has 194 valence electrons. The number of fused-ring (bicyclic) bond motifs is 1. The molecule has 0 radical (unpaired) electrons. The SMILES string of the molecule is COBNCCC[C@H](c1ccc(OC)c(OC)c1)N1C(=O)c2cccc(OCCCN(C)C)c2C1=O. The van der Waals surface area contributed by atoms with Gasteiger partial charge < -0.3 is 29.0 Å². The van der Waals surface area contributed by atoms with E-state index in [2.05, 4.69) is 10.1 Å². The van der Waals surface area contributed by atoms with Crippen molar-refractivity contribution in [2.45, 2.75) is 25.3 Å². The fourth-order valence-corrected chi connectivity index (χ4v) is 4.34. The molecule has 2 amide bonds. The van der Waals surface area contributed by atoms with Gasteiger partial charge in [-0.15, -0.1) is 0 Å². The summed E-state index contributed by atoms with van der Waals surface area (Å²) in [5, 5.41) is 3.18. The van der Waals surface area contributed by atoms with Gasteiger partial charge in [-0.25, -0.2) is 0 Å². The number of carbonyl (C=O) groups is 2. The molecule has 0 saturated heterocycles. The Hall–Kier alpha value is -3.08. The highest BCUT2D eigenvalue weighted by atomic mass is 16.5. The number of imide groups is 1. The van der Waals surface area contributed by atoms with E-state index in [0.29, 0.717) is 55.6 Å². The fourth-order valence-electron chi connectivity index (χ4n) is 4.34. The fraction of sp³-hybridized carbons (Fsp3) is 0.462. The van der Waals surface area contributed by atoms with E-state index in [4.69, 9.17) is 18.9 Å². The molecular weight excluding hydrogens is 461 g/mol. The molecule has 0 aliphatic carbocycles. The third-order valence-corrected chi connectivity index (χ3v) is 6.10. The van der Waals surface area contributed by atoms with Crippen molar-refractivity contribution in [1.82, 2.24) is 15.0 Å². The number of nitrogens with one attached hydrogen (secondary N) is 1. The Morgan fingerprint density at radius 2 is 1.75 bits per heavy atom. The lowest BCUT2D eigenvalue weighted by atomic mass is 9.99. The molecule has 9 nitrogen and oxygen atoms in total. The molecule has 2 aromatic carbocycles. The Bertz CT molecular complexity index is 1050. The number of nitrogens with zero attached hydrogens (tertiary/aromatic N) is 2. The predicted octanol–water partition coefficient (Wildman–Crippen LogP) is 2.65. The zero-order valence-corrected chi connectivity index (χ0v) is 21.8. The lowest BCUT2D eigenvalue weighted by molar-refractivity contribution is 0.0571. The van der Waals surface area contributed by atoms with Gasteiger partial charge in [-0.2, -0.15) is 0 Å². The maximum absolute atomic E-state index is 13.7. The highest BCUT2D eigenvalue weighted by Crippen LogP contribution is 2.40. The van der Waals surface area contributed by atoms with Crippen molar-refractivity contribution < 1.29 is 28.5 Å². The average molecular weight is 497 g/mol. The molecule has 2 aromatic rings. The number of hydrogen-bond donors (Lipinski definition) is 1. The van der Waals surface area contributed by atoms with Gasteiger partial charge in [0.2, 0.25) is 0 Å². The van der Waals surface area contributed by atoms with Gasteiger partial charge in [0.15, 0.2) is 11.5 Å². The van der Waals surface area contributed by atoms with Crippen LogP contribution in [-0.4, -0.2) is 84.4 Å². The second-order valence-corrected chi connectivity index (χ2v) is 8.87. The summed E-state index contributed by atoms with van der Waals surface area (Å²) >= 11 is 0. The van der Waals surface area contributed by atoms with E-state index in [9.17, 15) is 9.59 Å². The molecule has 1 atom stereocenters. The van der Waals surface area contributed by atoms with E-state index < -0.39 is 6.04 Å². The van der Waals surface area contributed by atoms with Gasteiger partial charge in [-0.3, -0.25) is 14.5 Å². The van der Waals surface area contributed by atoms with E-state index in [1.165, 1.54) is 4.90 Å². The van der Waals surface area contributed by atoms with Crippen LogP contribution in [0, 0.1) is 0 Å². The van der Waals surface area contributed by atoms with Crippen LogP contribution in [0.1, 0.15) is 51.6 Å². The topological polar surface area (TPSA) is 89.6 Å². The lowest BCUT2D eigenvalue weighted by Crippen LogP contribution is -2.35. The van der Waals surface area contributed by atoms with E-state index >= 15 is 0 Å². The minimum atomic E-state index is -0.483. The van der Waals surface area contributed by atoms with Crippen molar-refractivity contribution >= 4 is 19.4 Å². The van der Waals surface area contributed by atoms with Crippen LogP contribution in [0.25, 0.3) is 0 Å². The highest BCUT2D eigenvalue weighted by Gasteiger charge is 2.42. The normalized spacial score (nSPS) is 13.7. The van der Waals surface area contributed by atoms with Crippen molar-refractivity contribution in [2.75, 3.05) is 55.1 Å². The highest BCUT2D eigenvalue weighted by molar-refractivity contribution is 6.23. The van der Waals surface area contributed by atoms with Crippen molar-refractivity contribution in [3.63, 3.8) is 0 Å². The summed E-state index contributed by atoms with van der Waals surface area (Å²) in [6.07, 6.45) is 2.10. The predicted molar refractivity (Wildman–Crippen MR) is 139 cm³/mol. The van der Waals surface area contributed by atoms with Gasteiger partial charge in [0.25, 0.3) is 11.8 Å². The zero-order valence-electron chi connectivity index (χ0n) is 21.8. The van der Waals surface area contributed by atoms with E-state index in [1.54, 1.807) is 45.6 Å². The van der Waals surface area contributed by atoms with Gasteiger partial charge in [-0.05, 0) is 69.7 Å². The summed E-state index contributed by atoms with van der Waals surface area (Å²) in [4.78, 5) is 30.7. The number of benzene rings is 2. The van der Waals surface area contributed by atoms with Gasteiger partial charge >= 0.3 is 7.62 Å². The summed E-state index contributed by atoms with van der Waals surface area (Å²) in [7, 11) is 9.19. The summed E-state index contributed by atoms with van der Waals surface area (Å²) in [6, 6.07) is 10.2. The Morgan fingerprint density at radius 3 is 2.44 bits per heavy atom. The van der Waals surface area contributed by atoms with E-state index in [1.807, 2.05) is 26.2 Å². The molecule has 1 N–H and O–H groups in total. The van der Waals surface area contributed by atoms with Crippen LogP contribution in [0.4, 0.5) is 0 Å². The number of hydrogen-bond acceptors (Lipinski definition) is 8. The van der Waals surface area contributed by atoms with E-state index in [-0.39, 0.29) is 11.8 Å². The molecule has 1 aliphatic rings. The van der Waals surface area contributed by atoms with Gasteiger partial charge in [0, 0.05) is 13.7 Å². The minimum absolute atomic E-state index is 0.321. The maximum Gasteiger partial charge on any atom is 0.360 e. The molecule has 0 bridgehead atoms. The average Bonchev–Trinajstić information content (AvgIpc) is 3.14. The number of amides is 2. The molecule has 36 heavy (non-hydrogen) atoms. The number of ether oxygens (including phenoxy) is 3. The summed E-state index contributed by atoms with van der Waals surface area (Å²) < 4.78 is 21.9. The zero-order chi connectivity index (χ0) is 26.1. The largest absolute Gasteiger partial charge is 0.493 e. The molecule has 0 fully saturated rings. The molecule has 0 aromatic heterocycles. The number of rotatable bonds is 15. The Morgan fingerprint density at radius 1 is 0.972 bits per heavy atom. The third kappa shape index (κ3) is 6.37. The van der Waals surface area contributed by atoms with Crippen molar-refractivity contribution in [2.24, 2.45) is 0 Å². The summed E-state index contributed by atoms with van der Waals surface area (Å²) in [5.41, 5.74) is 1.49. The van der Waals surface area contributed by atoms with Crippen LogP contribution in [0.15, 0.2) is 36.4 Å². The molecule has 1 heterocycles. The first kappa shape index (κ1) is 27.5. The molecule has 3 rings (SSSR count). The van der Waals surface area contributed by atoms with Crippen LogP contribution in [0.3, 0.4) is 0 Å². The van der Waals surface area contributed by atoms with Crippen LogP contribution in [0.5, 0.6) is 17.2 Å². The first-order chi connectivity index (χ1) is 17.4. The van der Waals surface area contributed by atoms with Crippen molar-refractivity contribution in [1.29, 1.82) is 0 Å². The van der Waals surface area contributed by atoms with E-state index in [0.717, 1.165) is 24.9 Å². The van der Waals surface area contributed by atoms with Crippen LogP contribution < -0.4 is 19.4 Å². The molecule has 0 unspecified atom stereocenters. The maximum atomic E-state index is 13.7. The Kier molecular flexibility index (Phi) is 10.2. The standard InChI is InChI=1S/C26H36BN3O6/c1-29(2)15-8-16-36-22-11-6-9-19-24(22)26(32)30(25(19)31)20(10-7-14-28-27-35-5)18-12-13-21(33-3)23(17-18)34-4/h6,9,11-13,17,20,27-28H,7-8,10,14-16H2,1-5H3/t20-/m1/s1. The summed E-state index contributed by atoms with van der Waals surface area (Å²) in [6.45, 7) is 2.01. The Balaban J connectivity index is 1.90. The molecule has 1 aliphatic heterocycles. The monoisotopic (exact) mass is 497 g/mol. The quantitative estimate of drug-likeness (QED) is 0.228. The second-order valence-electron chi connectivity index (χ2n) is 8.87. The van der Waals surface area contributed by atoms with Crippen molar-refractivity contribution in [3.8, 4) is 17.2 Å². The first-order valence-corrected chi connectivity index (χ1v) is 12.1.